The van der Waals surface area contributed by atoms with Crippen molar-refractivity contribution in [2.45, 2.75) is 52.4 Å². The number of halogens is 1. The molecule has 0 atom stereocenters. The van der Waals surface area contributed by atoms with Gasteiger partial charge in [0.1, 0.15) is 23.6 Å². The molecule has 1 aromatic carbocycles. The zero-order valence-corrected chi connectivity index (χ0v) is 22.3. The first kappa shape index (κ1) is 27.0. The molecule has 5 rings (SSSR count). The second-order valence-electron chi connectivity index (χ2n) is 9.95. The number of likely N-dealkylation sites (tertiary alicyclic amines) is 1. The van der Waals surface area contributed by atoms with Gasteiger partial charge < -0.3 is 20.5 Å². The Bertz CT molecular complexity index is 1400. The van der Waals surface area contributed by atoms with E-state index in [0.717, 1.165) is 67.4 Å². The molecule has 1 aliphatic carbocycles. The van der Waals surface area contributed by atoms with Crippen LogP contribution in [0.1, 0.15) is 56.6 Å². The van der Waals surface area contributed by atoms with Gasteiger partial charge in [0.15, 0.2) is 0 Å². The van der Waals surface area contributed by atoms with Gasteiger partial charge in [0.25, 0.3) is 5.91 Å². The average molecular weight is 519 g/mol. The first-order valence-corrected chi connectivity index (χ1v) is 13.0. The van der Waals surface area contributed by atoms with Crippen molar-refractivity contribution in [2.75, 3.05) is 24.1 Å². The van der Waals surface area contributed by atoms with Gasteiger partial charge in [0.2, 0.25) is 6.41 Å². The third-order valence-corrected chi connectivity index (χ3v) is 7.07. The third kappa shape index (κ3) is 5.46. The largest absolute Gasteiger partial charge is 0.383 e. The van der Waals surface area contributed by atoms with Crippen LogP contribution in [-0.4, -0.2) is 44.8 Å². The number of carbonyl (C=O) groups excluding carboxylic acids is 2. The van der Waals surface area contributed by atoms with Crippen molar-refractivity contribution in [1.82, 2.24) is 19.4 Å². The first-order chi connectivity index (χ1) is 18.2. The number of nitrogens with two attached hydrogens (primary N) is 1. The number of hydrogen-bond acceptors (Lipinski definition) is 5. The van der Waals surface area contributed by atoms with Crippen LogP contribution in [-0.2, 0) is 16.6 Å². The van der Waals surface area contributed by atoms with Crippen molar-refractivity contribution in [3.63, 3.8) is 0 Å². The monoisotopic (exact) mass is 518 g/mol. The molecule has 0 unspecified atom stereocenters. The van der Waals surface area contributed by atoms with Gasteiger partial charge in [-0.05, 0) is 75.6 Å². The Labute approximate surface area is 222 Å². The van der Waals surface area contributed by atoms with Crippen LogP contribution in [0.2, 0.25) is 0 Å². The van der Waals surface area contributed by atoms with Crippen molar-refractivity contribution in [3.8, 4) is 11.3 Å². The molecular formula is C29H35FN6O2. The maximum atomic E-state index is 15.5. The maximum Gasteiger partial charge on any atom is 0.250 e. The summed E-state index contributed by atoms with van der Waals surface area (Å²) < 4.78 is 17.4. The predicted molar refractivity (Wildman–Crippen MR) is 150 cm³/mol. The lowest BCUT2D eigenvalue weighted by Crippen LogP contribution is -2.15. The Morgan fingerprint density at radius 3 is 2.47 bits per heavy atom. The molecule has 1 saturated heterocycles. The summed E-state index contributed by atoms with van der Waals surface area (Å²) >= 11 is 0. The van der Waals surface area contributed by atoms with Crippen LogP contribution in [0.3, 0.4) is 0 Å². The highest BCUT2D eigenvalue weighted by Crippen LogP contribution is 2.43. The number of fused-ring (bicyclic) bond motifs is 1. The number of amides is 2. The fourth-order valence-electron chi connectivity index (χ4n) is 5.15. The highest BCUT2D eigenvalue weighted by Gasteiger charge is 2.26. The molecule has 0 saturated carbocycles. The minimum absolute atomic E-state index is 0.341. The SMILES string of the molecule is C=C(C)C(=O)Nc1cc(C)c(-c2c(C3=CCCCC3)c3c(N)ncnc3n2C)c(F)c1.O=CN1CCCC1. The quantitative estimate of drug-likeness (QED) is 0.349. The molecule has 2 amide bonds. The van der Waals surface area contributed by atoms with E-state index in [9.17, 15) is 9.59 Å². The molecule has 1 aliphatic heterocycles. The topological polar surface area (TPSA) is 106 Å². The Morgan fingerprint density at radius 1 is 1.16 bits per heavy atom. The molecule has 2 aliphatic rings. The molecule has 3 heterocycles. The molecule has 0 bridgehead atoms. The third-order valence-electron chi connectivity index (χ3n) is 7.07. The van der Waals surface area contributed by atoms with Gasteiger partial charge in [-0.2, -0.15) is 0 Å². The van der Waals surface area contributed by atoms with E-state index in [1.807, 2.05) is 18.5 Å². The van der Waals surface area contributed by atoms with Crippen molar-refractivity contribution < 1.29 is 14.0 Å². The number of benzene rings is 1. The van der Waals surface area contributed by atoms with E-state index in [2.05, 4.69) is 27.9 Å². The fraction of sp³-hybridized carbons (Fsp3) is 0.379. The van der Waals surface area contributed by atoms with Gasteiger partial charge in [-0.15, -0.1) is 0 Å². The van der Waals surface area contributed by atoms with Crippen LogP contribution in [0.15, 0.2) is 36.7 Å². The molecule has 2 aromatic heterocycles. The number of allylic oxidation sites excluding steroid dienone is 2. The molecule has 8 nitrogen and oxygen atoms in total. The number of anilines is 2. The Kier molecular flexibility index (Phi) is 8.24. The van der Waals surface area contributed by atoms with E-state index in [-0.39, 0.29) is 5.91 Å². The second kappa shape index (κ2) is 11.6. The normalized spacial score (nSPS) is 15.1. The number of nitrogens with zero attached hydrogens (tertiary/aromatic N) is 4. The Balaban J connectivity index is 0.000000417. The van der Waals surface area contributed by atoms with Crippen LogP contribution in [0.5, 0.6) is 0 Å². The molecule has 0 radical (unpaired) electrons. The first-order valence-electron chi connectivity index (χ1n) is 13.0. The molecule has 9 heteroatoms. The molecule has 3 aromatic rings. The summed E-state index contributed by atoms with van der Waals surface area (Å²) in [6.07, 6.45) is 11.0. The molecule has 3 N–H and O–H groups in total. The number of hydrogen-bond donors (Lipinski definition) is 2. The molecule has 0 spiro atoms. The minimum atomic E-state index is -0.424. The number of aromatic nitrogens is 3. The van der Waals surface area contributed by atoms with Crippen molar-refractivity contribution in [3.05, 3.63) is 53.6 Å². The van der Waals surface area contributed by atoms with E-state index in [4.69, 9.17) is 5.73 Å². The van der Waals surface area contributed by atoms with Crippen molar-refractivity contribution >= 4 is 40.4 Å². The summed E-state index contributed by atoms with van der Waals surface area (Å²) in [5.74, 6) is -0.379. The van der Waals surface area contributed by atoms with Crippen LogP contribution < -0.4 is 11.1 Å². The number of carbonyl (C=O) groups is 2. The number of nitrogens with one attached hydrogen (secondary N) is 1. The smallest absolute Gasteiger partial charge is 0.250 e. The van der Waals surface area contributed by atoms with Gasteiger partial charge in [0, 0.05) is 42.5 Å². The summed E-state index contributed by atoms with van der Waals surface area (Å²) in [4.78, 5) is 32.4. The minimum Gasteiger partial charge on any atom is -0.383 e. The Morgan fingerprint density at radius 2 is 1.89 bits per heavy atom. The van der Waals surface area contributed by atoms with E-state index in [1.54, 1.807) is 17.9 Å². The molecular weight excluding hydrogens is 483 g/mol. The molecule has 200 valence electrons. The fourth-order valence-corrected chi connectivity index (χ4v) is 5.15. The van der Waals surface area contributed by atoms with Gasteiger partial charge >= 0.3 is 0 Å². The highest BCUT2D eigenvalue weighted by molar-refractivity contribution is 6.05. The standard InChI is InChI=1S/C24H26FN5O.C5H9NO/c1-13(2)24(31)29-16-10-14(3)18(17(25)11-16)21-19(15-8-6-5-7-9-15)20-22(26)27-12-28-23(20)30(21)4;7-5-6-3-1-2-4-6/h8,10-12H,1,5-7,9H2,2-4H3,(H,29,31)(H2,26,27,28);5H,1-4H2. The van der Waals surface area contributed by atoms with Crippen molar-refractivity contribution in [2.24, 2.45) is 7.05 Å². The van der Waals surface area contributed by atoms with E-state index < -0.39 is 5.82 Å². The van der Waals surface area contributed by atoms with Crippen LogP contribution in [0.4, 0.5) is 15.9 Å². The highest BCUT2D eigenvalue weighted by atomic mass is 19.1. The predicted octanol–water partition coefficient (Wildman–Crippen LogP) is 5.38. The van der Waals surface area contributed by atoms with Gasteiger partial charge in [-0.1, -0.05) is 12.7 Å². The zero-order chi connectivity index (χ0) is 27.4. The lowest BCUT2D eigenvalue weighted by Gasteiger charge is -2.18. The van der Waals surface area contributed by atoms with E-state index in [0.29, 0.717) is 33.9 Å². The summed E-state index contributed by atoms with van der Waals surface area (Å²) in [6.45, 7) is 9.02. The van der Waals surface area contributed by atoms with E-state index in [1.165, 1.54) is 25.2 Å². The molecule has 38 heavy (non-hydrogen) atoms. The lowest BCUT2D eigenvalue weighted by molar-refractivity contribution is -0.117. The zero-order valence-electron chi connectivity index (χ0n) is 22.3. The van der Waals surface area contributed by atoms with E-state index >= 15 is 4.39 Å². The van der Waals surface area contributed by atoms with Crippen LogP contribution in [0, 0.1) is 12.7 Å². The van der Waals surface area contributed by atoms with Gasteiger partial charge in [0.05, 0.1) is 11.1 Å². The number of nitrogen functional groups attached to an aromatic ring is 1. The maximum absolute atomic E-state index is 15.5. The number of rotatable bonds is 5. The number of aryl methyl sites for hydroxylation is 2. The van der Waals surface area contributed by atoms with Crippen LogP contribution in [0.25, 0.3) is 27.9 Å². The summed E-state index contributed by atoms with van der Waals surface area (Å²) in [5, 5.41) is 3.45. The van der Waals surface area contributed by atoms with Crippen molar-refractivity contribution in [1.29, 1.82) is 0 Å². The average Bonchev–Trinajstić information content (AvgIpc) is 3.52. The van der Waals surface area contributed by atoms with Gasteiger partial charge in [-0.3, -0.25) is 9.59 Å². The summed E-state index contributed by atoms with van der Waals surface area (Å²) in [7, 11) is 1.87. The van der Waals surface area contributed by atoms with Crippen LogP contribution >= 0.6 is 0 Å². The van der Waals surface area contributed by atoms with Gasteiger partial charge in [-0.25, -0.2) is 14.4 Å². The lowest BCUT2D eigenvalue weighted by atomic mass is 9.89. The second-order valence-corrected chi connectivity index (χ2v) is 9.95. The Hall–Kier alpha value is -4.01. The molecule has 1 fully saturated rings. The summed E-state index contributed by atoms with van der Waals surface area (Å²) in [5.41, 5.74) is 11.6. The summed E-state index contributed by atoms with van der Waals surface area (Å²) in [6, 6.07) is 3.11.